The van der Waals surface area contributed by atoms with Crippen LogP contribution in [-0.2, 0) is 9.53 Å². The number of amides is 1. The Morgan fingerprint density at radius 3 is 2.43 bits per heavy atom. The van der Waals surface area contributed by atoms with E-state index in [1.165, 1.54) is 4.90 Å². The second kappa shape index (κ2) is 7.23. The predicted octanol–water partition coefficient (Wildman–Crippen LogP) is -1.18. The van der Waals surface area contributed by atoms with Gasteiger partial charge in [0.1, 0.15) is 0 Å². The van der Waals surface area contributed by atoms with Crippen LogP contribution in [0.1, 0.15) is 13.8 Å². The molecule has 3 rings (SSSR count). The molecule has 2 saturated heterocycles. The number of hydrogen-bond donors (Lipinski definition) is 1. The first-order chi connectivity index (χ1) is 11.1. The summed E-state index contributed by atoms with van der Waals surface area (Å²) in [5.74, 6) is 1.03. The second-order valence-electron chi connectivity index (χ2n) is 6.52. The van der Waals surface area contributed by atoms with Crippen molar-refractivity contribution in [2.45, 2.75) is 26.1 Å². The van der Waals surface area contributed by atoms with Gasteiger partial charge in [-0.05, 0) is 19.9 Å². The number of nitrogens with zero attached hydrogens (tertiary/aromatic N) is 4. The number of morpholine rings is 1. The smallest absolute Gasteiger partial charge is 0.277 e. The molecule has 0 spiro atoms. The molecule has 2 fully saturated rings. The van der Waals surface area contributed by atoms with Crippen LogP contribution in [-0.4, -0.2) is 78.8 Å². The maximum atomic E-state index is 12.5. The van der Waals surface area contributed by atoms with Gasteiger partial charge < -0.3 is 19.4 Å². The van der Waals surface area contributed by atoms with Crippen LogP contribution in [0.5, 0.6) is 0 Å². The zero-order valence-electron chi connectivity index (χ0n) is 13.9. The van der Waals surface area contributed by atoms with Crippen LogP contribution in [0.4, 0.5) is 5.95 Å². The average molecular weight is 320 g/mol. The van der Waals surface area contributed by atoms with Crippen LogP contribution < -0.4 is 9.80 Å². The van der Waals surface area contributed by atoms with Crippen molar-refractivity contribution in [3.8, 4) is 0 Å². The Balaban J connectivity index is 1.48. The van der Waals surface area contributed by atoms with E-state index in [1.807, 2.05) is 24.8 Å². The Kier molecular flexibility index (Phi) is 5.07. The van der Waals surface area contributed by atoms with Gasteiger partial charge in [-0.2, -0.15) is 0 Å². The second-order valence-corrected chi connectivity index (χ2v) is 6.52. The van der Waals surface area contributed by atoms with Crippen molar-refractivity contribution >= 4 is 11.9 Å². The summed E-state index contributed by atoms with van der Waals surface area (Å²) in [6.45, 7) is 9.72. The third-order valence-corrected chi connectivity index (χ3v) is 4.48. The maximum absolute atomic E-state index is 12.5. The summed E-state index contributed by atoms with van der Waals surface area (Å²) in [5, 5.41) is 0. The summed E-state index contributed by atoms with van der Waals surface area (Å²) in [5.41, 5.74) is 0. The Bertz CT molecular complexity index is 508. The molecule has 126 valence electrons. The standard InChI is InChI=1S/C16H25N5O2/c1-13-10-21(11-14(2)23-13)15(22)12-19-6-8-20(9-7-19)16-17-4-3-5-18-16/h3-5,13-14H,6-12H2,1-2H3/p+1/t13-,14-/m1/s1. The summed E-state index contributed by atoms with van der Waals surface area (Å²) in [6, 6.07) is 1.83. The predicted molar refractivity (Wildman–Crippen MR) is 86.4 cm³/mol. The molecule has 0 aromatic carbocycles. The number of carbonyl (C=O) groups excluding carboxylic acids is 1. The number of rotatable bonds is 3. The SMILES string of the molecule is C[C@@H]1CN(C(=O)C[NH+]2CCN(c3ncccn3)CC2)C[C@@H](C)O1. The third-order valence-electron chi connectivity index (χ3n) is 4.48. The van der Waals surface area contributed by atoms with Gasteiger partial charge in [-0.15, -0.1) is 0 Å². The molecule has 2 atom stereocenters. The molecule has 1 aromatic rings. The average Bonchev–Trinajstić information content (AvgIpc) is 2.55. The molecule has 2 aliphatic rings. The molecule has 0 aliphatic carbocycles. The van der Waals surface area contributed by atoms with Crippen molar-refractivity contribution in [1.29, 1.82) is 0 Å². The zero-order chi connectivity index (χ0) is 16.2. The molecule has 7 heteroatoms. The number of anilines is 1. The number of nitrogens with one attached hydrogen (secondary N) is 1. The molecular weight excluding hydrogens is 294 g/mol. The quantitative estimate of drug-likeness (QED) is 0.759. The lowest BCUT2D eigenvalue weighted by Crippen LogP contribution is -3.16. The maximum Gasteiger partial charge on any atom is 0.277 e. The van der Waals surface area contributed by atoms with E-state index in [1.54, 1.807) is 12.4 Å². The Hall–Kier alpha value is -1.73. The van der Waals surface area contributed by atoms with Gasteiger partial charge in [0.2, 0.25) is 5.95 Å². The van der Waals surface area contributed by atoms with Crippen LogP contribution in [0.25, 0.3) is 0 Å². The minimum absolute atomic E-state index is 0.129. The molecule has 3 heterocycles. The van der Waals surface area contributed by atoms with E-state index < -0.39 is 0 Å². The van der Waals surface area contributed by atoms with E-state index in [0.29, 0.717) is 19.6 Å². The summed E-state index contributed by atoms with van der Waals surface area (Å²) >= 11 is 0. The van der Waals surface area contributed by atoms with Crippen molar-refractivity contribution in [2.24, 2.45) is 0 Å². The summed E-state index contributed by atoms with van der Waals surface area (Å²) in [7, 11) is 0. The number of hydrogen-bond acceptors (Lipinski definition) is 5. The molecule has 0 saturated carbocycles. The molecule has 0 radical (unpaired) electrons. The summed E-state index contributed by atoms with van der Waals surface area (Å²) in [6.07, 6.45) is 3.80. The fraction of sp³-hybridized carbons (Fsp3) is 0.688. The first kappa shape index (κ1) is 16.1. The zero-order valence-corrected chi connectivity index (χ0v) is 13.9. The highest BCUT2D eigenvalue weighted by molar-refractivity contribution is 5.77. The van der Waals surface area contributed by atoms with Crippen molar-refractivity contribution in [3.63, 3.8) is 0 Å². The summed E-state index contributed by atoms with van der Waals surface area (Å²) in [4.78, 5) is 26.6. The van der Waals surface area contributed by atoms with Gasteiger partial charge in [0.25, 0.3) is 5.91 Å². The first-order valence-electron chi connectivity index (χ1n) is 8.40. The van der Waals surface area contributed by atoms with Gasteiger partial charge in [0, 0.05) is 25.5 Å². The molecule has 1 N–H and O–H groups in total. The van der Waals surface area contributed by atoms with Crippen LogP contribution >= 0.6 is 0 Å². The Morgan fingerprint density at radius 1 is 1.22 bits per heavy atom. The van der Waals surface area contributed by atoms with E-state index >= 15 is 0 Å². The number of piperazine rings is 1. The van der Waals surface area contributed by atoms with Crippen molar-refractivity contribution < 1.29 is 14.4 Å². The van der Waals surface area contributed by atoms with Gasteiger partial charge >= 0.3 is 0 Å². The lowest BCUT2D eigenvalue weighted by Gasteiger charge is -2.37. The van der Waals surface area contributed by atoms with Crippen LogP contribution in [0.15, 0.2) is 18.5 Å². The highest BCUT2D eigenvalue weighted by Crippen LogP contribution is 2.10. The molecular formula is C16H26N5O2+. The lowest BCUT2D eigenvalue weighted by atomic mass is 10.2. The molecule has 1 amide bonds. The molecule has 1 aromatic heterocycles. The van der Waals surface area contributed by atoms with Crippen LogP contribution in [0.2, 0.25) is 0 Å². The highest BCUT2D eigenvalue weighted by Gasteiger charge is 2.29. The van der Waals surface area contributed by atoms with E-state index in [0.717, 1.165) is 32.1 Å². The first-order valence-corrected chi connectivity index (χ1v) is 8.40. The number of aromatic nitrogens is 2. The summed E-state index contributed by atoms with van der Waals surface area (Å²) < 4.78 is 5.70. The van der Waals surface area contributed by atoms with E-state index in [9.17, 15) is 4.79 Å². The Morgan fingerprint density at radius 2 is 1.83 bits per heavy atom. The molecule has 2 aliphatic heterocycles. The molecule has 0 bridgehead atoms. The minimum Gasteiger partial charge on any atom is -0.372 e. The largest absolute Gasteiger partial charge is 0.372 e. The number of quaternary nitrogens is 1. The van der Waals surface area contributed by atoms with Gasteiger partial charge in [-0.25, -0.2) is 9.97 Å². The van der Waals surface area contributed by atoms with E-state index in [2.05, 4.69) is 14.9 Å². The number of carbonyl (C=O) groups is 1. The molecule has 23 heavy (non-hydrogen) atoms. The minimum atomic E-state index is 0.129. The highest BCUT2D eigenvalue weighted by atomic mass is 16.5. The molecule has 7 nitrogen and oxygen atoms in total. The number of ether oxygens (including phenoxy) is 1. The van der Waals surface area contributed by atoms with Crippen LogP contribution in [0, 0.1) is 0 Å². The normalized spacial score (nSPS) is 26.3. The van der Waals surface area contributed by atoms with E-state index in [4.69, 9.17) is 4.74 Å². The van der Waals surface area contributed by atoms with Gasteiger partial charge in [0.15, 0.2) is 6.54 Å². The van der Waals surface area contributed by atoms with Crippen molar-refractivity contribution in [1.82, 2.24) is 14.9 Å². The molecule has 0 unspecified atom stereocenters. The van der Waals surface area contributed by atoms with Crippen molar-refractivity contribution in [3.05, 3.63) is 18.5 Å². The monoisotopic (exact) mass is 320 g/mol. The van der Waals surface area contributed by atoms with Crippen LogP contribution in [0.3, 0.4) is 0 Å². The van der Waals surface area contributed by atoms with Gasteiger partial charge in [-0.3, -0.25) is 4.79 Å². The fourth-order valence-corrected chi connectivity index (χ4v) is 3.36. The van der Waals surface area contributed by atoms with Gasteiger partial charge in [-0.1, -0.05) is 0 Å². The van der Waals surface area contributed by atoms with Gasteiger partial charge in [0.05, 0.1) is 38.4 Å². The topological polar surface area (TPSA) is 63.0 Å². The fourth-order valence-electron chi connectivity index (χ4n) is 3.36. The van der Waals surface area contributed by atoms with Crippen molar-refractivity contribution in [2.75, 3.05) is 50.7 Å². The van der Waals surface area contributed by atoms with E-state index in [-0.39, 0.29) is 18.1 Å². The third kappa shape index (κ3) is 4.17. The lowest BCUT2D eigenvalue weighted by molar-refractivity contribution is -0.892. The Labute approximate surface area is 137 Å².